The Morgan fingerprint density at radius 1 is 1.47 bits per heavy atom. The lowest BCUT2D eigenvalue weighted by atomic mass is 10.0. The van der Waals surface area contributed by atoms with E-state index < -0.39 is 12.2 Å². The minimum absolute atomic E-state index is 0.0936. The van der Waals surface area contributed by atoms with Gasteiger partial charge in [-0.15, -0.1) is 11.6 Å². The number of nitrogens with two attached hydrogens (primary N) is 1. The van der Waals surface area contributed by atoms with Crippen molar-refractivity contribution in [3.05, 3.63) is 23.0 Å². The molecule has 1 rings (SSSR count). The highest BCUT2D eigenvalue weighted by Crippen LogP contribution is 2.29. The number of nitrogen functional groups attached to an aromatic ring is 1. The van der Waals surface area contributed by atoms with Crippen LogP contribution in [0.15, 0.2) is 12.3 Å². The van der Waals surface area contributed by atoms with Gasteiger partial charge in [0, 0.05) is 23.3 Å². The van der Waals surface area contributed by atoms with Crippen molar-refractivity contribution in [1.82, 2.24) is 4.98 Å². The van der Waals surface area contributed by atoms with Crippen molar-refractivity contribution in [2.75, 3.05) is 11.6 Å². The maximum atomic E-state index is 9.77. The Kier molecular flexibility index (Phi) is 4.60. The van der Waals surface area contributed by atoms with Gasteiger partial charge in [0.2, 0.25) is 0 Å². The predicted molar refractivity (Wildman–Crippen MR) is 60.0 cm³/mol. The molecule has 1 heterocycles. The number of alkyl halides is 1. The second-order valence-corrected chi connectivity index (χ2v) is 3.83. The first-order valence-corrected chi connectivity index (χ1v) is 5.31. The van der Waals surface area contributed by atoms with Gasteiger partial charge in [-0.2, -0.15) is 0 Å². The smallest absolute Gasteiger partial charge is 0.136 e. The molecule has 0 aliphatic heterocycles. The zero-order valence-corrected chi connectivity index (χ0v) is 9.41. The maximum absolute atomic E-state index is 9.77. The second-order valence-electron chi connectivity index (χ2n) is 3.09. The monoisotopic (exact) mass is 250 g/mol. The first kappa shape index (κ1) is 12.5. The molecule has 2 unspecified atom stereocenters. The van der Waals surface area contributed by atoms with Gasteiger partial charge >= 0.3 is 0 Å². The molecule has 0 bridgehead atoms. The van der Waals surface area contributed by atoms with Crippen LogP contribution < -0.4 is 5.73 Å². The van der Waals surface area contributed by atoms with Gasteiger partial charge in [0.05, 0.1) is 6.10 Å². The minimum atomic E-state index is -1.16. The van der Waals surface area contributed by atoms with Crippen molar-refractivity contribution < 1.29 is 10.2 Å². The summed E-state index contributed by atoms with van der Waals surface area (Å²) in [6.45, 7) is 0. The van der Waals surface area contributed by atoms with E-state index in [0.717, 1.165) is 0 Å². The fourth-order valence-electron chi connectivity index (χ4n) is 1.22. The molecule has 0 radical (unpaired) electrons. The summed E-state index contributed by atoms with van der Waals surface area (Å²) in [4.78, 5) is 3.78. The molecule has 0 aliphatic rings. The number of nitrogens with zero attached hydrogens (tertiary/aromatic N) is 1. The Morgan fingerprint density at radius 3 is 2.67 bits per heavy atom. The first-order chi connectivity index (χ1) is 7.07. The van der Waals surface area contributed by atoms with E-state index in [1.165, 1.54) is 12.3 Å². The average Bonchev–Trinajstić information content (AvgIpc) is 2.17. The molecule has 0 saturated carbocycles. The Labute approximate surface area is 97.6 Å². The number of pyridine rings is 1. The van der Waals surface area contributed by atoms with Gasteiger partial charge in [0.25, 0.3) is 0 Å². The summed E-state index contributed by atoms with van der Waals surface area (Å²) in [7, 11) is 0. The standard InChI is InChI=1S/C9H12Cl2N2O2/c10-3-1-6(14)8(15)7-5(12)2-4-13-9(7)11/h2,4,6,8,14-15H,1,3H2,(H2,12,13). The summed E-state index contributed by atoms with van der Waals surface area (Å²) < 4.78 is 0. The molecule has 4 N–H and O–H groups in total. The number of hydrogen-bond donors (Lipinski definition) is 3. The van der Waals surface area contributed by atoms with Gasteiger partial charge in [0.15, 0.2) is 0 Å². The molecule has 0 amide bonds. The molecule has 15 heavy (non-hydrogen) atoms. The van der Waals surface area contributed by atoms with Crippen LogP contribution in [0.4, 0.5) is 5.69 Å². The average molecular weight is 251 g/mol. The van der Waals surface area contributed by atoms with Crippen LogP contribution in [-0.2, 0) is 0 Å². The highest BCUT2D eigenvalue weighted by molar-refractivity contribution is 6.30. The van der Waals surface area contributed by atoms with Gasteiger partial charge in [-0.25, -0.2) is 4.98 Å². The molecule has 0 fully saturated rings. The normalized spacial score (nSPS) is 14.9. The zero-order valence-electron chi connectivity index (χ0n) is 7.90. The van der Waals surface area contributed by atoms with Gasteiger partial charge in [-0.3, -0.25) is 0 Å². The number of rotatable bonds is 4. The number of anilines is 1. The molecule has 4 nitrogen and oxygen atoms in total. The molecule has 2 atom stereocenters. The quantitative estimate of drug-likeness (QED) is 0.557. The Morgan fingerprint density at radius 2 is 2.13 bits per heavy atom. The van der Waals surface area contributed by atoms with Crippen molar-refractivity contribution in [2.24, 2.45) is 0 Å². The van der Waals surface area contributed by atoms with E-state index in [9.17, 15) is 10.2 Å². The first-order valence-electron chi connectivity index (χ1n) is 4.40. The number of aromatic nitrogens is 1. The number of halogens is 2. The molecule has 0 aromatic carbocycles. The van der Waals surface area contributed by atoms with E-state index >= 15 is 0 Å². The molecule has 1 aromatic heterocycles. The van der Waals surface area contributed by atoms with Gasteiger partial charge in [0.1, 0.15) is 11.3 Å². The summed E-state index contributed by atoms with van der Waals surface area (Å²) in [6, 6.07) is 1.51. The molecule has 6 heteroatoms. The summed E-state index contributed by atoms with van der Waals surface area (Å²) >= 11 is 11.2. The minimum Gasteiger partial charge on any atom is -0.398 e. The van der Waals surface area contributed by atoms with E-state index in [4.69, 9.17) is 28.9 Å². The van der Waals surface area contributed by atoms with Crippen LogP contribution in [0.2, 0.25) is 5.15 Å². The summed E-state index contributed by atoms with van der Waals surface area (Å²) in [5.74, 6) is 0.246. The Hall–Kier alpha value is -0.550. The van der Waals surface area contributed by atoms with E-state index in [1.54, 1.807) is 0 Å². The van der Waals surface area contributed by atoms with E-state index in [-0.39, 0.29) is 23.0 Å². The van der Waals surface area contributed by atoms with Crippen LogP contribution in [0.5, 0.6) is 0 Å². The third-order valence-electron chi connectivity index (χ3n) is 2.04. The van der Waals surface area contributed by atoms with Crippen LogP contribution in [-0.4, -0.2) is 27.2 Å². The van der Waals surface area contributed by atoms with Gasteiger partial charge in [-0.1, -0.05) is 11.6 Å². The molecule has 84 valence electrons. The van der Waals surface area contributed by atoms with Crippen molar-refractivity contribution in [3.8, 4) is 0 Å². The zero-order chi connectivity index (χ0) is 11.4. The molecule has 1 aromatic rings. The molecule has 0 saturated heterocycles. The van der Waals surface area contributed by atoms with Gasteiger partial charge in [-0.05, 0) is 12.5 Å². The van der Waals surface area contributed by atoms with E-state index in [0.29, 0.717) is 5.69 Å². The highest BCUT2D eigenvalue weighted by Gasteiger charge is 2.23. The summed E-state index contributed by atoms with van der Waals surface area (Å²) in [5, 5.41) is 19.4. The third kappa shape index (κ3) is 2.95. The summed E-state index contributed by atoms with van der Waals surface area (Å²) in [6.07, 6.45) is -0.466. The van der Waals surface area contributed by atoms with Crippen molar-refractivity contribution in [2.45, 2.75) is 18.6 Å². The van der Waals surface area contributed by atoms with Crippen molar-refractivity contribution >= 4 is 28.9 Å². The lowest BCUT2D eigenvalue weighted by molar-refractivity contribution is 0.0173. The molecule has 0 aliphatic carbocycles. The summed E-state index contributed by atoms with van der Waals surface area (Å²) in [5.41, 5.74) is 6.18. The Balaban J connectivity index is 2.94. The van der Waals surface area contributed by atoms with Crippen LogP contribution in [0.3, 0.4) is 0 Å². The molecular weight excluding hydrogens is 239 g/mol. The third-order valence-corrected chi connectivity index (χ3v) is 2.56. The SMILES string of the molecule is Nc1ccnc(Cl)c1C(O)C(O)CCCl. The largest absolute Gasteiger partial charge is 0.398 e. The van der Waals surface area contributed by atoms with Crippen LogP contribution in [0.25, 0.3) is 0 Å². The number of aliphatic hydroxyl groups excluding tert-OH is 2. The highest BCUT2D eigenvalue weighted by atomic mass is 35.5. The lowest BCUT2D eigenvalue weighted by Gasteiger charge is -2.19. The number of hydrogen-bond acceptors (Lipinski definition) is 4. The maximum Gasteiger partial charge on any atom is 0.136 e. The Bertz CT molecular complexity index is 316. The van der Waals surface area contributed by atoms with Gasteiger partial charge < -0.3 is 15.9 Å². The fraction of sp³-hybridized carbons (Fsp3) is 0.444. The van der Waals surface area contributed by atoms with Crippen molar-refractivity contribution in [1.29, 1.82) is 0 Å². The fourth-order valence-corrected chi connectivity index (χ4v) is 1.72. The molecule has 0 spiro atoms. The predicted octanol–water partition coefficient (Wildman–Crippen LogP) is 1.34. The van der Waals surface area contributed by atoms with Crippen LogP contribution in [0.1, 0.15) is 18.1 Å². The lowest BCUT2D eigenvalue weighted by Crippen LogP contribution is -2.20. The van der Waals surface area contributed by atoms with Crippen molar-refractivity contribution in [3.63, 3.8) is 0 Å². The van der Waals surface area contributed by atoms with E-state index in [2.05, 4.69) is 4.98 Å². The topological polar surface area (TPSA) is 79.4 Å². The van der Waals surface area contributed by atoms with Crippen LogP contribution in [0, 0.1) is 0 Å². The van der Waals surface area contributed by atoms with Crippen LogP contribution >= 0.6 is 23.2 Å². The van der Waals surface area contributed by atoms with E-state index in [1.807, 2.05) is 0 Å². The second kappa shape index (κ2) is 5.51. The molecular formula is C9H12Cl2N2O2. The number of aliphatic hydroxyl groups is 2.